The van der Waals surface area contributed by atoms with Crippen molar-refractivity contribution in [2.45, 2.75) is 25.7 Å². The van der Waals surface area contributed by atoms with Gasteiger partial charge in [0.2, 0.25) is 0 Å². The molecule has 1 aliphatic rings. The molecule has 17 heavy (non-hydrogen) atoms. The molecule has 1 fully saturated rings. The Morgan fingerprint density at radius 2 is 2.06 bits per heavy atom. The minimum atomic E-state index is -0.984. The fourth-order valence-electron chi connectivity index (χ4n) is 2.14. The van der Waals surface area contributed by atoms with Gasteiger partial charge in [0.15, 0.2) is 0 Å². The Morgan fingerprint density at radius 3 is 2.53 bits per heavy atom. The Kier molecular flexibility index (Phi) is 3.21. The highest BCUT2D eigenvalue weighted by Crippen LogP contribution is 2.45. The highest BCUT2D eigenvalue weighted by molar-refractivity contribution is 9.10. The average molecular weight is 305 g/mol. The van der Waals surface area contributed by atoms with Crippen molar-refractivity contribution in [1.82, 2.24) is 0 Å². The first kappa shape index (κ1) is 12.5. The molecule has 0 radical (unpaired) electrons. The van der Waals surface area contributed by atoms with Crippen molar-refractivity contribution >= 4 is 21.9 Å². The summed E-state index contributed by atoms with van der Waals surface area (Å²) in [7, 11) is 0. The first-order valence-corrected chi connectivity index (χ1v) is 6.11. The van der Waals surface area contributed by atoms with E-state index in [9.17, 15) is 13.6 Å². The number of aliphatic carboxylic acids is 1. The van der Waals surface area contributed by atoms with Crippen molar-refractivity contribution in [2.75, 3.05) is 0 Å². The molecule has 0 saturated heterocycles. The Bertz CT molecular complexity index is 470. The van der Waals surface area contributed by atoms with Crippen molar-refractivity contribution < 1.29 is 18.7 Å². The normalized spacial score (nSPS) is 17.6. The fraction of sp³-hybridized carbons (Fsp3) is 0.417. The first-order valence-electron chi connectivity index (χ1n) is 5.32. The van der Waals surface area contributed by atoms with Crippen LogP contribution in [0.15, 0.2) is 16.6 Å². The molecule has 1 aromatic carbocycles. The molecule has 0 aliphatic heterocycles. The van der Waals surface area contributed by atoms with E-state index in [-0.39, 0.29) is 16.5 Å². The summed E-state index contributed by atoms with van der Waals surface area (Å²) >= 11 is 2.98. The monoisotopic (exact) mass is 304 g/mol. The highest BCUT2D eigenvalue weighted by Gasteiger charge is 2.45. The lowest BCUT2D eigenvalue weighted by molar-refractivity contribution is -0.154. The maximum Gasteiger partial charge on any atom is 0.309 e. The summed E-state index contributed by atoms with van der Waals surface area (Å²) in [5.41, 5.74) is -1.12. The van der Waals surface area contributed by atoms with E-state index in [0.717, 1.165) is 12.5 Å². The summed E-state index contributed by atoms with van der Waals surface area (Å²) in [5.74, 6) is -2.35. The third-order valence-electron chi connectivity index (χ3n) is 3.42. The molecule has 2 rings (SSSR count). The molecule has 0 unspecified atom stereocenters. The quantitative estimate of drug-likeness (QED) is 0.868. The zero-order valence-electron chi connectivity index (χ0n) is 8.97. The van der Waals surface area contributed by atoms with Gasteiger partial charge in [-0.25, -0.2) is 8.78 Å². The Morgan fingerprint density at radius 1 is 1.41 bits per heavy atom. The van der Waals surface area contributed by atoms with Crippen LogP contribution in [0.1, 0.15) is 24.8 Å². The molecule has 0 heterocycles. The third kappa shape index (κ3) is 2.08. The first-order chi connectivity index (χ1) is 7.96. The molecular weight excluding hydrogens is 294 g/mol. The lowest BCUT2D eigenvalue weighted by Crippen LogP contribution is -2.40. The molecule has 1 N–H and O–H groups in total. The number of carboxylic acids is 1. The second-order valence-corrected chi connectivity index (χ2v) is 5.29. The van der Waals surface area contributed by atoms with Gasteiger partial charge >= 0.3 is 5.97 Å². The molecule has 1 saturated carbocycles. The lowest BCUT2D eigenvalue weighted by Gasteiger charge is -2.37. The van der Waals surface area contributed by atoms with Crippen LogP contribution < -0.4 is 0 Å². The predicted octanol–water partition coefficient (Wildman–Crippen LogP) is 3.52. The number of carboxylic acid groups (broad SMARTS) is 1. The van der Waals surface area contributed by atoms with Crippen molar-refractivity contribution in [3.05, 3.63) is 33.8 Å². The van der Waals surface area contributed by atoms with E-state index in [4.69, 9.17) is 5.11 Å². The van der Waals surface area contributed by atoms with Gasteiger partial charge in [-0.2, -0.15) is 0 Å². The summed E-state index contributed by atoms with van der Waals surface area (Å²) in [6.45, 7) is 0. The van der Waals surface area contributed by atoms with Crippen molar-refractivity contribution in [3.8, 4) is 0 Å². The maximum absolute atomic E-state index is 13.7. The maximum atomic E-state index is 13.7. The Labute approximate surface area is 106 Å². The van der Waals surface area contributed by atoms with Crippen LogP contribution in [0.5, 0.6) is 0 Å². The lowest BCUT2D eigenvalue weighted by atomic mass is 9.65. The van der Waals surface area contributed by atoms with Gasteiger partial charge in [0, 0.05) is 5.56 Å². The van der Waals surface area contributed by atoms with Crippen LogP contribution in [-0.2, 0) is 11.2 Å². The van der Waals surface area contributed by atoms with Gasteiger partial charge in [-0.05, 0) is 47.3 Å². The summed E-state index contributed by atoms with van der Waals surface area (Å²) < 4.78 is 27.4. The summed E-state index contributed by atoms with van der Waals surface area (Å²) in [4.78, 5) is 11.2. The van der Waals surface area contributed by atoms with Gasteiger partial charge in [0.05, 0.1) is 9.89 Å². The van der Waals surface area contributed by atoms with Gasteiger partial charge in [-0.15, -0.1) is 0 Å². The molecule has 1 aromatic rings. The average Bonchev–Trinajstić information content (AvgIpc) is 2.21. The van der Waals surface area contributed by atoms with Gasteiger partial charge in [0.1, 0.15) is 11.6 Å². The predicted molar refractivity (Wildman–Crippen MR) is 61.7 cm³/mol. The number of hydrogen-bond donors (Lipinski definition) is 1. The summed E-state index contributed by atoms with van der Waals surface area (Å²) in [5, 5.41) is 9.14. The molecule has 0 amide bonds. The van der Waals surface area contributed by atoms with Gasteiger partial charge in [-0.3, -0.25) is 4.79 Å². The topological polar surface area (TPSA) is 37.3 Å². The van der Waals surface area contributed by atoms with Crippen LogP contribution in [-0.4, -0.2) is 11.1 Å². The highest BCUT2D eigenvalue weighted by atomic mass is 79.9. The minimum absolute atomic E-state index is 0.0839. The number of benzene rings is 1. The van der Waals surface area contributed by atoms with Crippen LogP contribution in [0.2, 0.25) is 0 Å². The van der Waals surface area contributed by atoms with E-state index in [1.807, 2.05) is 0 Å². The van der Waals surface area contributed by atoms with Crippen LogP contribution in [0.25, 0.3) is 0 Å². The molecule has 0 bridgehead atoms. The second kappa shape index (κ2) is 4.37. The second-order valence-electron chi connectivity index (χ2n) is 4.44. The SMILES string of the molecule is O=C(O)C1(Cc2c(F)ccc(Br)c2F)CCC1. The van der Waals surface area contributed by atoms with E-state index < -0.39 is 23.0 Å². The van der Waals surface area contributed by atoms with E-state index in [1.165, 1.54) is 6.07 Å². The van der Waals surface area contributed by atoms with E-state index >= 15 is 0 Å². The standard InChI is InChI=1S/C12H11BrF2O2/c13-8-2-3-9(14)7(10(8)15)6-12(11(16)17)4-1-5-12/h2-3H,1,4-6H2,(H,16,17). The summed E-state index contributed by atoms with van der Waals surface area (Å²) in [6, 6.07) is 2.43. The zero-order chi connectivity index (χ0) is 12.6. The number of rotatable bonds is 3. The molecule has 92 valence electrons. The fourth-order valence-corrected chi connectivity index (χ4v) is 2.51. The molecule has 5 heteroatoms. The molecule has 0 atom stereocenters. The van der Waals surface area contributed by atoms with E-state index in [1.54, 1.807) is 0 Å². The third-order valence-corrected chi connectivity index (χ3v) is 4.03. The van der Waals surface area contributed by atoms with Crippen LogP contribution in [0.4, 0.5) is 8.78 Å². The molecular formula is C12H11BrF2O2. The Hall–Kier alpha value is -0.970. The van der Waals surface area contributed by atoms with Crippen LogP contribution in [0, 0.1) is 17.0 Å². The zero-order valence-corrected chi connectivity index (χ0v) is 10.6. The number of hydrogen-bond acceptors (Lipinski definition) is 1. The molecule has 0 aromatic heterocycles. The molecule has 2 nitrogen and oxygen atoms in total. The van der Waals surface area contributed by atoms with Gasteiger partial charge < -0.3 is 5.11 Å². The van der Waals surface area contributed by atoms with E-state index in [0.29, 0.717) is 12.8 Å². The Balaban J connectivity index is 2.36. The van der Waals surface area contributed by atoms with Crippen LogP contribution >= 0.6 is 15.9 Å². The van der Waals surface area contributed by atoms with Gasteiger partial charge in [-0.1, -0.05) is 6.42 Å². The van der Waals surface area contributed by atoms with Crippen molar-refractivity contribution in [3.63, 3.8) is 0 Å². The van der Waals surface area contributed by atoms with Gasteiger partial charge in [0.25, 0.3) is 0 Å². The smallest absolute Gasteiger partial charge is 0.309 e. The van der Waals surface area contributed by atoms with Crippen LogP contribution in [0.3, 0.4) is 0 Å². The molecule has 0 spiro atoms. The largest absolute Gasteiger partial charge is 0.481 e. The number of carbonyl (C=O) groups is 1. The summed E-state index contributed by atoms with van der Waals surface area (Å²) in [6.07, 6.45) is 1.67. The number of halogens is 3. The van der Waals surface area contributed by atoms with Crippen molar-refractivity contribution in [2.24, 2.45) is 5.41 Å². The van der Waals surface area contributed by atoms with Crippen molar-refractivity contribution in [1.29, 1.82) is 0 Å². The molecule has 1 aliphatic carbocycles. The van der Waals surface area contributed by atoms with E-state index in [2.05, 4.69) is 15.9 Å². The minimum Gasteiger partial charge on any atom is -0.481 e.